The maximum Gasteiger partial charge on any atom is 0.410 e. The normalized spacial score (nSPS) is 22.9. The first-order chi connectivity index (χ1) is 13.5. The van der Waals surface area contributed by atoms with Gasteiger partial charge in [0.15, 0.2) is 0 Å². The minimum atomic E-state index is -3.15. The van der Waals surface area contributed by atoms with Gasteiger partial charge in [-0.15, -0.1) is 0 Å². The number of nitrogens with zero attached hydrogens (tertiary/aromatic N) is 4. The van der Waals surface area contributed by atoms with Crippen LogP contribution in [0.3, 0.4) is 0 Å². The van der Waals surface area contributed by atoms with Gasteiger partial charge >= 0.3 is 12.1 Å². The van der Waals surface area contributed by atoms with E-state index < -0.39 is 42.2 Å². The van der Waals surface area contributed by atoms with Crippen LogP contribution in [0.1, 0.15) is 37.6 Å². The fourth-order valence-corrected chi connectivity index (χ4v) is 3.59. The number of rotatable bonds is 4. The maximum atomic E-state index is 14.8. The summed E-state index contributed by atoms with van der Waals surface area (Å²) in [5, 5.41) is 0. The van der Waals surface area contributed by atoms with Crippen LogP contribution in [0.15, 0.2) is 25.0 Å². The number of fused-ring (bicyclic) bond motifs is 1. The van der Waals surface area contributed by atoms with Crippen LogP contribution < -0.4 is 4.90 Å². The van der Waals surface area contributed by atoms with Crippen molar-refractivity contribution in [3.63, 3.8) is 0 Å². The molecule has 0 radical (unpaired) electrons. The van der Waals surface area contributed by atoms with Crippen LogP contribution in [0.25, 0.3) is 0 Å². The van der Waals surface area contributed by atoms with Gasteiger partial charge in [0.25, 0.3) is 5.92 Å². The second-order valence-electron chi connectivity index (χ2n) is 8.02. The van der Waals surface area contributed by atoms with Gasteiger partial charge in [0.2, 0.25) is 5.95 Å². The fourth-order valence-electron chi connectivity index (χ4n) is 3.59. The number of likely N-dealkylation sites (tertiary alicyclic amines) is 1. The summed E-state index contributed by atoms with van der Waals surface area (Å²) in [4.78, 5) is 34.8. The van der Waals surface area contributed by atoms with E-state index in [2.05, 4.69) is 16.5 Å². The third-order valence-corrected chi connectivity index (χ3v) is 4.67. The first-order valence-corrected chi connectivity index (χ1v) is 9.27. The van der Waals surface area contributed by atoms with Crippen molar-refractivity contribution in [1.82, 2.24) is 14.9 Å². The highest BCUT2D eigenvalue weighted by Gasteiger charge is 2.62. The topological polar surface area (TPSA) is 84.9 Å². The van der Waals surface area contributed by atoms with Crippen molar-refractivity contribution in [3.8, 4) is 0 Å². The van der Waals surface area contributed by atoms with Crippen LogP contribution in [0.5, 0.6) is 0 Å². The molecular weight excluding hydrogens is 386 g/mol. The third kappa shape index (κ3) is 4.30. The van der Waals surface area contributed by atoms with Crippen LogP contribution in [0.2, 0.25) is 0 Å². The molecule has 0 bridgehead atoms. The quantitative estimate of drug-likeness (QED) is 0.557. The van der Waals surface area contributed by atoms with E-state index in [1.807, 2.05) is 0 Å². The summed E-state index contributed by atoms with van der Waals surface area (Å²) < 4.78 is 39.8. The second-order valence-corrected chi connectivity index (χ2v) is 8.02. The molecule has 2 atom stereocenters. The molecule has 2 fully saturated rings. The SMILES string of the molecule is C=CCOC(=O)c1cnc(N2CC[C@H]3[C@@H]2C(F)(F)CN3C(=O)OC(C)(C)C)nc1. The summed E-state index contributed by atoms with van der Waals surface area (Å²) in [5.74, 6) is -3.70. The van der Waals surface area contributed by atoms with Gasteiger partial charge in [-0.3, -0.25) is 4.90 Å². The fraction of sp³-hybridized carbons (Fsp3) is 0.579. The molecule has 29 heavy (non-hydrogen) atoms. The number of anilines is 1. The molecule has 2 aliphatic heterocycles. The number of carbonyl (C=O) groups is 2. The lowest BCUT2D eigenvalue weighted by molar-refractivity contribution is -0.0111. The van der Waals surface area contributed by atoms with Crippen LogP contribution >= 0.6 is 0 Å². The average Bonchev–Trinajstić information content (AvgIpc) is 3.18. The van der Waals surface area contributed by atoms with Gasteiger partial charge in [-0.1, -0.05) is 12.7 Å². The first-order valence-electron chi connectivity index (χ1n) is 9.27. The first kappa shape index (κ1) is 20.9. The van der Waals surface area contributed by atoms with E-state index in [1.165, 1.54) is 23.4 Å². The van der Waals surface area contributed by atoms with E-state index in [-0.39, 0.29) is 24.7 Å². The number of hydrogen-bond donors (Lipinski definition) is 0. The summed E-state index contributed by atoms with van der Waals surface area (Å²) in [6.07, 6.45) is 3.48. The van der Waals surface area contributed by atoms with Crippen molar-refractivity contribution >= 4 is 18.0 Å². The highest BCUT2D eigenvalue weighted by Crippen LogP contribution is 2.43. The minimum Gasteiger partial charge on any atom is -0.458 e. The predicted octanol–water partition coefficient (Wildman–Crippen LogP) is 2.65. The standard InChI is InChI=1S/C19H24F2N4O4/c1-5-8-28-15(26)12-9-22-16(23-10-12)24-7-6-13-14(24)19(20,21)11-25(13)17(27)29-18(2,3)4/h5,9-10,13-14H,1,6-8,11H2,2-4H3/t13-,14+/m0/s1. The Morgan fingerprint density at radius 3 is 2.59 bits per heavy atom. The number of halogens is 2. The Hall–Kier alpha value is -2.78. The molecule has 1 aromatic rings. The zero-order valence-electron chi connectivity index (χ0n) is 16.6. The lowest BCUT2D eigenvalue weighted by Gasteiger charge is -2.28. The Morgan fingerprint density at radius 2 is 2.00 bits per heavy atom. The average molecular weight is 410 g/mol. The van der Waals surface area contributed by atoms with Crippen LogP contribution in [-0.4, -0.2) is 70.2 Å². The van der Waals surface area contributed by atoms with E-state index in [4.69, 9.17) is 9.47 Å². The molecule has 1 amide bonds. The summed E-state index contributed by atoms with van der Waals surface area (Å²) in [7, 11) is 0. The van der Waals surface area contributed by atoms with Crippen molar-refractivity contribution in [1.29, 1.82) is 0 Å². The molecule has 1 aromatic heterocycles. The summed E-state index contributed by atoms with van der Waals surface area (Å²) >= 11 is 0. The van der Waals surface area contributed by atoms with Crippen molar-refractivity contribution < 1.29 is 27.8 Å². The van der Waals surface area contributed by atoms with Crippen molar-refractivity contribution in [2.75, 3.05) is 24.6 Å². The van der Waals surface area contributed by atoms with Crippen molar-refractivity contribution in [2.24, 2.45) is 0 Å². The van der Waals surface area contributed by atoms with Gasteiger partial charge in [0.05, 0.1) is 18.2 Å². The van der Waals surface area contributed by atoms with Crippen LogP contribution in [-0.2, 0) is 9.47 Å². The molecule has 0 unspecified atom stereocenters. The highest BCUT2D eigenvalue weighted by atomic mass is 19.3. The van der Waals surface area contributed by atoms with Gasteiger partial charge in [-0.05, 0) is 27.2 Å². The monoisotopic (exact) mass is 410 g/mol. The lowest BCUT2D eigenvalue weighted by Crippen LogP contribution is -2.46. The highest BCUT2D eigenvalue weighted by molar-refractivity contribution is 5.88. The molecule has 0 N–H and O–H groups in total. The number of aromatic nitrogens is 2. The summed E-state index contributed by atoms with van der Waals surface area (Å²) in [6, 6.07) is -1.96. The molecule has 2 aliphatic rings. The zero-order valence-corrected chi connectivity index (χ0v) is 16.6. The van der Waals surface area contributed by atoms with E-state index in [1.54, 1.807) is 20.8 Å². The summed E-state index contributed by atoms with van der Waals surface area (Å²) in [5.41, 5.74) is -0.665. The lowest BCUT2D eigenvalue weighted by atomic mass is 10.1. The van der Waals surface area contributed by atoms with Gasteiger partial charge in [-0.25, -0.2) is 28.3 Å². The van der Waals surface area contributed by atoms with Gasteiger partial charge in [0, 0.05) is 18.9 Å². The Labute approximate surface area is 167 Å². The van der Waals surface area contributed by atoms with Gasteiger partial charge in [-0.2, -0.15) is 0 Å². The van der Waals surface area contributed by atoms with E-state index in [0.717, 1.165) is 4.90 Å². The summed E-state index contributed by atoms with van der Waals surface area (Å²) in [6.45, 7) is 8.09. The zero-order chi connectivity index (χ0) is 21.4. The molecule has 8 nitrogen and oxygen atoms in total. The number of ether oxygens (including phenoxy) is 2. The number of hydrogen-bond acceptors (Lipinski definition) is 7. The number of amides is 1. The molecule has 10 heteroatoms. The number of esters is 1. The Balaban J connectivity index is 1.77. The maximum absolute atomic E-state index is 14.8. The van der Waals surface area contributed by atoms with Gasteiger partial charge in [0.1, 0.15) is 18.2 Å². The van der Waals surface area contributed by atoms with E-state index >= 15 is 0 Å². The Morgan fingerprint density at radius 1 is 1.34 bits per heavy atom. The molecule has 0 saturated carbocycles. The van der Waals surface area contributed by atoms with Gasteiger partial charge < -0.3 is 14.4 Å². The van der Waals surface area contributed by atoms with Crippen molar-refractivity contribution in [3.05, 3.63) is 30.6 Å². The predicted molar refractivity (Wildman–Crippen MR) is 99.9 cm³/mol. The molecule has 3 rings (SSSR count). The number of carbonyl (C=O) groups excluding carboxylic acids is 2. The van der Waals surface area contributed by atoms with Crippen LogP contribution in [0, 0.1) is 0 Å². The Kier molecular flexibility index (Phi) is 5.46. The Bertz CT molecular complexity index is 794. The minimum absolute atomic E-state index is 0.0448. The molecule has 0 aromatic carbocycles. The third-order valence-electron chi connectivity index (χ3n) is 4.67. The molecule has 3 heterocycles. The molecular formula is C19H24F2N4O4. The molecule has 158 valence electrons. The molecule has 0 aliphatic carbocycles. The van der Waals surface area contributed by atoms with Crippen molar-refractivity contribution in [2.45, 2.75) is 50.8 Å². The molecule has 0 spiro atoms. The largest absolute Gasteiger partial charge is 0.458 e. The number of alkyl halides is 2. The van der Waals surface area contributed by atoms with E-state index in [0.29, 0.717) is 6.42 Å². The molecule has 2 saturated heterocycles. The smallest absolute Gasteiger partial charge is 0.410 e. The van der Waals surface area contributed by atoms with E-state index in [9.17, 15) is 18.4 Å². The second kappa shape index (κ2) is 7.57. The van der Waals surface area contributed by atoms with Crippen LogP contribution in [0.4, 0.5) is 19.5 Å².